The predicted molar refractivity (Wildman–Crippen MR) is 194 cm³/mol. The highest BCUT2D eigenvalue weighted by Crippen LogP contribution is 2.12. The molecular weight excluding hydrogens is 606 g/mol. The Kier molecular flexibility index (Phi) is 30.2. The molecule has 0 spiro atoms. The third-order valence-electron chi connectivity index (χ3n) is 8.26. The van der Waals surface area contributed by atoms with Gasteiger partial charge in [0.2, 0.25) is 0 Å². The Morgan fingerprint density at radius 2 is 1.17 bits per heavy atom. The lowest BCUT2D eigenvalue weighted by Gasteiger charge is -2.34. The van der Waals surface area contributed by atoms with Crippen molar-refractivity contribution in [1.82, 2.24) is 0 Å². The smallest absolute Gasteiger partial charge is 0.306 e. The van der Waals surface area contributed by atoms with Crippen LogP contribution in [0.2, 0.25) is 0 Å². The molecule has 0 aromatic carbocycles. The molecular formula is C40H71NO7. The summed E-state index contributed by atoms with van der Waals surface area (Å²) in [6.45, 7) is 4.52. The fourth-order valence-corrected chi connectivity index (χ4v) is 5.22. The van der Waals surface area contributed by atoms with E-state index in [0.29, 0.717) is 12.8 Å². The molecule has 2 unspecified atom stereocenters. The third-order valence-corrected chi connectivity index (χ3v) is 8.26. The predicted octanol–water partition coefficient (Wildman–Crippen LogP) is 8.18. The number of hydrogen-bond donors (Lipinski definition) is 0. The van der Waals surface area contributed by atoms with Crippen molar-refractivity contribution in [3.05, 3.63) is 36.5 Å². The number of unbranched alkanes of at least 4 members (excludes halogenated alkanes) is 13. The maximum Gasteiger partial charge on any atom is 0.306 e. The van der Waals surface area contributed by atoms with E-state index in [1.54, 1.807) is 21.1 Å². The molecule has 0 aliphatic heterocycles. The van der Waals surface area contributed by atoms with Crippen molar-refractivity contribution < 1.29 is 38.2 Å². The largest absolute Gasteiger partial charge is 0.544 e. The van der Waals surface area contributed by atoms with Crippen LogP contribution in [0.4, 0.5) is 0 Å². The van der Waals surface area contributed by atoms with Crippen LogP contribution in [0.5, 0.6) is 0 Å². The highest BCUT2D eigenvalue weighted by molar-refractivity contribution is 5.70. The number of carboxylic acids is 1. The first-order valence-corrected chi connectivity index (χ1v) is 19.0. The van der Waals surface area contributed by atoms with Gasteiger partial charge < -0.3 is 28.6 Å². The third kappa shape index (κ3) is 29.7. The number of carboxylic acid groups (broad SMARTS) is 1. The van der Waals surface area contributed by atoms with Gasteiger partial charge in [-0.15, -0.1) is 0 Å². The second-order valence-electron chi connectivity index (χ2n) is 13.8. The van der Waals surface area contributed by atoms with Gasteiger partial charge in [0.15, 0.2) is 6.10 Å². The molecule has 0 radical (unpaired) electrons. The normalized spacial score (nSPS) is 13.4. The van der Waals surface area contributed by atoms with Crippen LogP contribution in [0.25, 0.3) is 0 Å². The molecule has 0 aliphatic rings. The minimum Gasteiger partial charge on any atom is -0.544 e. The van der Waals surface area contributed by atoms with Gasteiger partial charge in [-0.2, -0.15) is 0 Å². The average molecular weight is 678 g/mol. The zero-order valence-electron chi connectivity index (χ0n) is 31.4. The lowest BCUT2D eigenvalue weighted by atomic mass is 10.1. The minimum atomic E-state index is -1.13. The van der Waals surface area contributed by atoms with E-state index in [-0.39, 0.29) is 49.1 Å². The van der Waals surface area contributed by atoms with Crippen molar-refractivity contribution in [2.24, 2.45) is 0 Å². The monoisotopic (exact) mass is 678 g/mol. The van der Waals surface area contributed by atoms with Crippen LogP contribution in [0.3, 0.4) is 0 Å². The molecule has 48 heavy (non-hydrogen) atoms. The average Bonchev–Trinajstić information content (AvgIpc) is 3.03. The van der Waals surface area contributed by atoms with Crippen molar-refractivity contribution in [2.75, 3.05) is 41.0 Å². The first kappa shape index (κ1) is 45.6. The van der Waals surface area contributed by atoms with Crippen LogP contribution in [0.1, 0.15) is 149 Å². The maximum atomic E-state index is 12.6. The number of hydrogen-bond acceptors (Lipinski definition) is 7. The first-order chi connectivity index (χ1) is 23.1. The van der Waals surface area contributed by atoms with Gasteiger partial charge in [-0.1, -0.05) is 115 Å². The van der Waals surface area contributed by atoms with Gasteiger partial charge in [0.05, 0.1) is 40.3 Å². The van der Waals surface area contributed by atoms with Gasteiger partial charge in [-0.3, -0.25) is 9.59 Å². The summed E-state index contributed by atoms with van der Waals surface area (Å²) in [7, 11) is 5.37. The number of aliphatic carboxylic acids is 1. The van der Waals surface area contributed by atoms with Gasteiger partial charge in [0.1, 0.15) is 12.6 Å². The molecule has 0 aliphatic carbocycles. The Morgan fingerprint density at radius 1 is 0.625 bits per heavy atom. The second-order valence-corrected chi connectivity index (χ2v) is 13.8. The van der Waals surface area contributed by atoms with Crippen molar-refractivity contribution in [3.63, 3.8) is 0 Å². The molecule has 0 aromatic heterocycles. The zero-order valence-corrected chi connectivity index (χ0v) is 31.4. The molecule has 2 atom stereocenters. The van der Waals surface area contributed by atoms with Gasteiger partial charge in [0, 0.05) is 19.3 Å². The molecule has 278 valence electrons. The van der Waals surface area contributed by atoms with E-state index in [1.165, 1.54) is 51.4 Å². The van der Waals surface area contributed by atoms with E-state index >= 15 is 0 Å². The first-order valence-electron chi connectivity index (χ1n) is 19.0. The number of ether oxygens (including phenoxy) is 3. The summed E-state index contributed by atoms with van der Waals surface area (Å²) < 4.78 is 17.0. The van der Waals surface area contributed by atoms with E-state index in [0.717, 1.165) is 57.8 Å². The molecule has 0 rings (SSSR count). The van der Waals surface area contributed by atoms with Crippen molar-refractivity contribution in [3.8, 4) is 0 Å². The second kappa shape index (κ2) is 31.8. The number of carbonyl (C=O) groups is 3. The lowest BCUT2D eigenvalue weighted by Crippen LogP contribution is -2.55. The van der Waals surface area contributed by atoms with E-state index in [2.05, 4.69) is 44.2 Å². The van der Waals surface area contributed by atoms with E-state index in [9.17, 15) is 19.5 Å². The molecule has 0 saturated heterocycles. The topological polar surface area (TPSA) is 102 Å². The number of likely N-dealkylation sites (N-methyl/N-ethyl adjacent to an activating group) is 1. The van der Waals surface area contributed by atoms with Crippen LogP contribution in [-0.2, 0) is 28.6 Å². The quantitative estimate of drug-likeness (QED) is 0.0299. The summed E-state index contributed by atoms with van der Waals surface area (Å²) in [4.78, 5) is 36.6. The van der Waals surface area contributed by atoms with Crippen LogP contribution in [0, 0.1) is 0 Å². The van der Waals surface area contributed by atoms with Crippen molar-refractivity contribution >= 4 is 17.9 Å². The maximum absolute atomic E-state index is 12.6. The Hall–Kier alpha value is -2.45. The van der Waals surface area contributed by atoms with Crippen LogP contribution in [-0.4, -0.2) is 75.5 Å². The molecule has 0 bridgehead atoms. The number of esters is 2. The molecule has 8 heteroatoms. The Bertz CT molecular complexity index is 891. The van der Waals surface area contributed by atoms with Crippen molar-refractivity contribution in [1.29, 1.82) is 0 Å². The Labute approximate surface area is 293 Å². The van der Waals surface area contributed by atoms with E-state index in [4.69, 9.17) is 14.2 Å². The van der Waals surface area contributed by atoms with Crippen LogP contribution < -0.4 is 5.11 Å². The lowest BCUT2D eigenvalue weighted by molar-refractivity contribution is -0.889. The summed E-state index contributed by atoms with van der Waals surface area (Å²) in [5.41, 5.74) is 0. The molecule has 8 nitrogen and oxygen atoms in total. The Morgan fingerprint density at radius 3 is 1.77 bits per heavy atom. The van der Waals surface area contributed by atoms with Gasteiger partial charge in [-0.05, 0) is 51.4 Å². The molecule has 0 N–H and O–H groups in total. The molecule has 0 saturated carbocycles. The fourth-order valence-electron chi connectivity index (χ4n) is 5.22. The van der Waals surface area contributed by atoms with Crippen LogP contribution >= 0.6 is 0 Å². The number of rotatable bonds is 33. The van der Waals surface area contributed by atoms with Gasteiger partial charge >= 0.3 is 11.9 Å². The highest BCUT2D eigenvalue weighted by Gasteiger charge is 2.25. The Balaban J connectivity index is 4.52. The van der Waals surface area contributed by atoms with Gasteiger partial charge in [-0.25, -0.2) is 0 Å². The van der Waals surface area contributed by atoms with Crippen molar-refractivity contribution in [2.45, 2.75) is 161 Å². The zero-order chi connectivity index (χ0) is 35.7. The summed E-state index contributed by atoms with van der Waals surface area (Å²) in [5, 5.41) is 11.6. The molecule has 0 fully saturated rings. The van der Waals surface area contributed by atoms with E-state index in [1.807, 2.05) is 6.08 Å². The SMILES string of the molecule is CCCC/C=C/CCCCCCCC(=O)OC(COCCC(C(=O)[O-])[N+](C)(C)C)COC(=O)CC/C=C/C/C=C/CCCCCCCC. The number of quaternary nitrogens is 1. The van der Waals surface area contributed by atoms with Crippen LogP contribution in [0.15, 0.2) is 36.5 Å². The summed E-state index contributed by atoms with van der Waals surface area (Å²) in [5.74, 6) is -1.84. The number of allylic oxidation sites excluding steroid dienone is 6. The minimum absolute atomic E-state index is 0.0205. The summed E-state index contributed by atoms with van der Waals surface area (Å²) in [6.07, 6.45) is 33.2. The number of carbonyl (C=O) groups excluding carboxylic acids is 3. The van der Waals surface area contributed by atoms with E-state index < -0.39 is 18.1 Å². The summed E-state index contributed by atoms with van der Waals surface area (Å²) >= 11 is 0. The number of nitrogens with zero attached hydrogens (tertiary/aromatic N) is 1. The highest BCUT2D eigenvalue weighted by atomic mass is 16.6. The fraction of sp³-hybridized carbons (Fsp3) is 0.775. The molecule has 0 heterocycles. The summed E-state index contributed by atoms with van der Waals surface area (Å²) in [6, 6.07) is -0.732. The standard InChI is InChI=1S/C40H71NO7/c1-6-8-10-12-14-16-18-19-21-22-24-26-28-30-38(42)47-35-36(34-46-33-32-37(40(44)45)41(3,4)5)48-39(43)31-29-27-25-23-20-17-15-13-11-9-7-2/h13,15,19,21,24,26,36-37H,6-12,14,16-18,20,22-23,25,27-35H2,1-5H3/b15-13+,21-19+,26-24+. The molecule has 0 amide bonds. The van der Waals surface area contributed by atoms with Gasteiger partial charge in [0.25, 0.3) is 0 Å². The molecule has 0 aromatic rings.